The molecule has 24 heavy (non-hydrogen) atoms. The van der Waals surface area contributed by atoms with Crippen molar-refractivity contribution >= 4 is 51.8 Å². The van der Waals surface area contributed by atoms with Gasteiger partial charge in [0.2, 0.25) is 0 Å². The predicted octanol–water partition coefficient (Wildman–Crippen LogP) is 4.23. The zero-order chi connectivity index (χ0) is 18.5. The standard InChI is InChI=1S/C17H24ClIN2O3/c1-6-24-14(22)7-10(2)20-16(23)12-8-11(19)9-13(18)15(12)21-17(3,4)5/h8-10,21H,6-7H2,1-5H3,(H,20,23)/t10-/m1/s1. The molecule has 0 aliphatic heterocycles. The minimum absolute atomic E-state index is 0.124. The molecule has 5 nitrogen and oxygen atoms in total. The third-order valence-corrected chi connectivity index (χ3v) is 3.88. The van der Waals surface area contributed by atoms with Crippen molar-refractivity contribution in [3.05, 3.63) is 26.3 Å². The van der Waals surface area contributed by atoms with E-state index in [1.165, 1.54) is 0 Å². The molecule has 1 aromatic carbocycles. The Morgan fingerprint density at radius 2 is 1.96 bits per heavy atom. The predicted molar refractivity (Wildman–Crippen MR) is 106 cm³/mol. The number of rotatable bonds is 6. The van der Waals surface area contributed by atoms with E-state index in [0.717, 1.165) is 3.57 Å². The van der Waals surface area contributed by atoms with E-state index in [-0.39, 0.29) is 29.9 Å². The Hall–Kier alpha value is -1.02. The van der Waals surface area contributed by atoms with Crippen molar-refractivity contribution in [3.63, 3.8) is 0 Å². The maximum atomic E-state index is 12.6. The Kier molecular flexibility index (Phi) is 7.79. The van der Waals surface area contributed by atoms with Crippen LogP contribution in [0.1, 0.15) is 51.4 Å². The molecule has 0 aliphatic carbocycles. The van der Waals surface area contributed by atoms with Crippen molar-refractivity contribution in [2.75, 3.05) is 11.9 Å². The molecule has 1 amide bonds. The molecule has 7 heteroatoms. The summed E-state index contributed by atoms with van der Waals surface area (Å²) in [5.41, 5.74) is 0.796. The average Bonchev–Trinajstić information content (AvgIpc) is 2.40. The summed E-state index contributed by atoms with van der Waals surface area (Å²) in [7, 11) is 0. The number of halogens is 2. The van der Waals surface area contributed by atoms with E-state index < -0.39 is 0 Å². The molecular formula is C17H24ClIN2O3. The highest BCUT2D eigenvalue weighted by Gasteiger charge is 2.22. The molecule has 0 aromatic heterocycles. The molecule has 0 spiro atoms. The number of amides is 1. The summed E-state index contributed by atoms with van der Waals surface area (Å²) in [5, 5.41) is 6.58. The lowest BCUT2D eigenvalue weighted by atomic mass is 10.1. The minimum Gasteiger partial charge on any atom is -0.466 e. The van der Waals surface area contributed by atoms with Gasteiger partial charge in [-0.1, -0.05) is 11.6 Å². The summed E-state index contributed by atoms with van der Waals surface area (Å²) in [6.07, 6.45) is 0.124. The van der Waals surface area contributed by atoms with Crippen molar-refractivity contribution in [2.24, 2.45) is 0 Å². The molecule has 134 valence electrons. The first-order valence-corrected chi connectivity index (χ1v) is 9.23. The van der Waals surface area contributed by atoms with Gasteiger partial charge in [0.05, 0.1) is 29.3 Å². The molecule has 1 atom stereocenters. The van der Waals surface area contributed by atoms with Gasteiger partial charge in [-0.15, -0.1) is 0 Å². The maximum Gasteiger partial charge on any atom is 0.307 e. The number of hydrogen-bond donors (Lipinski definition) is 2. The van der Waals surface area contributed by atoms with E-state index in [1.54, 1.807) is 26.0 Å². The second-order valence-corrected chi connectivity index (χ2v) is 8.22. The lowest BCUT2D eigenvalue weighted by molar-refractivity contribution is -0.143. The van der Waals surface area contributed by atoms with Crippen LogP contribution in [-0.4, -0.2) is 30.1 Å². The summed E-state index contributed by atoms with van der Waals surface area (Å²) in [4.78, 5) is 24.2. The number of ether oxygens (including phenoxy) is 1. The molecule has 1 rings (SSSR count). The number of anilines is 1. The van der Waals surface area contributed by atoms with Crippen molar-refractivity contribution in [1.29, 1.82) is 0 Å². The monoisotopic (exact) mass is 466 g/mol. The molecule has 0 radical (unpaired) electrons. The number of esters is 1. The Morgan fingerprint density at radius 3 is 2.50 bits per heavy atom. The first-order chi connectivity index (χ1) is 11.0. The summed E-state index contributed by atoms with van der Waals surface area (Å²) in [5.74, 6) is -0.613. The fourth-order valence-corrected chi connectivity index (χ4v) is 3.15. The first kappa shape index (κ1) is 21.0. The van der Waals surface area contributed by atoms with E-state index in [2.05, 4.69) is 33.2 Å². The Labute approximate surface area is 162 Å². The minimum atomic E-state index is -0.337. The van der Waals surface area contributed by atoms with Gasteiger partial charge in [-0.2, -0.15) is 0 Å². The van der Waals surface area contributed by atoms with Crippen molar-refractivity contribution < 1.29 is 14.3 Å². The van der Waals surface area contributed by atoms with E-state index in [4.69, 9.17) is 16.3 Å². The van der Waals surface area contributed by atoms with E-state index in [0.29, 0.717) is 22.9 Å². The molecule has 0 aliphatic rings. The maximum absolute atomic E-state index is 12.6. The Morgan fingerprint density at radius 1 is 1.33 bits per heavy atom. The van der Waals surface area contributed by atoms with Crippen LogP contribution in [0.15, 0.2) is 12.1 Å². The summed E-state index contributed by atoms with van der Waals surface area (Å²) >= 11 is 8.44. The third kappa shape index (κ3) is 6.84. The molecule has 0 heterocycles. The van der Waals surface area contributed by atoms with Crippen molar-refractivity contribution in [1.82, 2.24) is 5.32 Å². The van der Waals surface area contributed by atoms with Crippen molar-refractivity contribution in [3.8, 4) is 0 Å². The number of nitrogens with one attached hydrogen (secondary N) is 2. The molecule has 1 aromatic rings. The molecule has 2 N–H and O–H groups in total. The van der Waals surface area contributed by atoms with Crippen LogP contribution in [-0.2, 0) is 9.53 Å². The van der Waals surface area contributed by atoms with Gasteiger partial charge in [0.1, 0.15) is 0 Å². The lowest BCUT2D eigenvalue weighted by Gasteiger charge is -2.25. The van der Waals surface area contributed by atoms with Gasteiger partial charge in [0, 0.05) is 15.2 Å². The normalized spacial score (nSPS) is 12.5. The van der Waals surface area contributed by atoms with Gasteiger partial charge < -0.3 is 15.4 Å². The quantitative estimate of drug-likeness (QED) is 0.486. The summed E-state index contributed by atoms with van der Waals surface area (Å²) < 4.78 is 5.76. The molecular weight excluding hydrogens is 443 g/mol. The van der Waals surface area contributed by atoms with Gasteiger partial charge in [0.15, 0.2) is 0 Å². The number of carbonyl (C=O) groups is 2. The number of carbonyl (C=O) groups excluding carboxylic acids is 2. The van der Waals surface area contributed by atoms with Gasteiger partial charge in [-0.3, -0.25) is 9.59 Å². The highest BCUT2D eigenvalue weighted by molar-refractivity contribution is 14.1. The van der Waals surface area contributed by atoms with Crippen LogP contribution in [0.25, 0.3) is 0 Å². The molecule has 0 saturated heterocycles. The van der Waals surface area contributed by atoms with Gasteiger partial charge in [-0.25, -0.2) is 0 Å². The Balaban J connectivity index is 2.99. The third-order valence-electron chi connectivity index (χ3n) is 2.96. The average molecular weight is 467 g/mol. The zero-order valence-electron chi connectivity index (χ0n) is 14.6. The van der Waals surface area contributed by atoms with Crippen LogP contribution < -0.4 is 10.6 Å². The molecule has 0 fully saturated rings. The van der Waals surface area contributed by atoms with Crippen LogP contribution >= 0.6 is 34.2 Å². The zero-order valence-corrected chi connectivity index (χ0v) is 17.5. The van der Waals surface area contributed by atoms with Gasteiger partial charge >= 0.3 is 5.97 Å². The van der Waals surface area contributed by atoms with Crippen LogP contribution in [0, 0.1) is 3.57 Å². The molecule has 0 saturated carbocycles. The summed E-state index contributed by atoms with van der Waals surface area (Å²) in [6.45, 7) is 9.82. The fourth-order valence-electron chi connectivity index (χ4n) is 2.08. The van der Waals surface area contributed by atoms with Crippen LogP contribution in [0.3, 0.4) is 0 Å². The highest BCUT2D eigenvalue weighted by Crippen LogP contribution is 2.31. The summed E-state index contributed by atoms with van der Waals surface area (Å²) in [6, 6.07) is 3.23. The van der Waals surface area contributed by atoms with Crippen LogP contribution in [0.4, 0.5) is 5.69 Å². The van der Waals surface area contributed by atoms with Crippen LogP contribution in [0.2, 0.25) is 5.02 Å². The van der Waals surface area contributed by atoms with Gasteiger partial charge in [0.25, 0.3) is 5.91 Å². The highest BCUT2D eigenvalue weighted by atomic mass is 127. The molecule has 0 bridgehead atoms. The van der Waals surface area contributed by atoms with E-state index in [9.17, 15) is 9.59 Å². The van der Waals surface area contributed by atoms with E-state index >= 15 is 0 Å². The van der Waals surface area contributed by atoms with Crippen molar-refractivity contribution in [2.45, 2.75) is 52.6 Å². The lowest BCUT2D eigenvalue weighted by Crippen LogP contribution is -2.36. The molecule has 0 unspecified atom stereocenters. The second kappa shape index (κ2) is 8.89. The smallest absolute Gasteiger partial charge is 0.307 e. The first-order valence-electron chi connectivity index (χ1n) is 7.77. The largest absolute Gasteiger partial charge is 0.466 e. The number of hydrogen-bond acceptors (Lipinski definition) is 4. The van der Waals surface area contributed by atoms with E-state index in [1.807, 2.05) is 20.8 Å². The van der Waals surface area contributed by atoms with Crippen LogP contribution in [0.5, 0.6) is 0 Å². The van der Waals surface area contributed by atoms with Gasteiger partial charge in [-0.05, 0) is 69.3 Å². The second-order valence-electron chi connectivity index (χ2n) is 6.57. The Bertz CT molecular complexity index is 615. The SMILES string of the molecule is CCOC(=O)C[C@@H](C)NC(=O)c1cc(I)cc(Cl)c1NC(C)(C)C. The number of benzene rings is 1. The topological polar surface area (TPSA) is 67.4 Å². The fraction of sp³-hybridized carbons (Fsp3) is 0.529.